The van der Waals surface area contributed by atoms with Gasteiger partial charge in [0.05, 0.1) is 0 Å². The minimum atomic E-state index is -4.59. The van der Waals surface area contributed by atoms with Crippen LogP contribution in [0.25, 0.3) is 11.5 Å². The van der Waals surface area contributed by atoms with Gasteiger partial charge in [-0.25, -0.2) is 13.1 Å². The zero-order valence-electron chi connectivity index (χ0n) is 12.9. The highest BCUT2D eigenvalue weighted by atomic mass is 32.2. The molecule has 0 fully saturated rings. The number of nitrogens with one attached hydrogen (secondary N) is 3. The van der Waals surface area contributed by atoms with E-state index in [2.05, 4.69) is 30.4 Å². The maximum Gasteiger partial charge on any atom is 0.432 e. The first-order chi connectivity index (χ1) is 12.3. The first-order valence-electron chi connectivity index (χ1n) is 7.20. The molecule has 0 atom stereocenters. The third kappa shape index (κ3) is 4.08. The molecule has 14 heteroatoms. The Morgan fingerprint density at radius 2 is 2.04 bits per heavy atom. The Morgan fingerprint density at radius 1 is 1.23 bits per heavy atom. The summed E-state index contributed by atoms with van der Waals surface area (Å²) in [5, 5.41) is 18.0. The van der Waals surface area contributed by atoms with Crippen molar-refractivity contribution in [3.63, 3.8) is 0 Å². The van der Waals surface area contributed by atoms with Gasteiger partial charge in [0.2, 0.25) is 5.09 Å². The van der Waals surface area contributed by atoms with Crippen molar-refractivity contribution in [1.29, 1.82) is 0 Å². The molecule has 3 rings (SSSR count). The highest BCUT2D eigenvalue weighted by Crippen LogP contribution is 2.31. The standard InChI is InChI=1S/C12H12F3N7O3S/c13-12(14,15)9-6-7(17-18-9)8-3-4-11(25-8)26(23,24)16-5-1-2-10-19-21-22-20-10/h3-4,6,16H,1-2,5H2,(H,17,18)(H,19,20,21,22). The zero-order valence-corrected chi connectivity index (χ0v) is 13.7. The number of aryl methyl sites for hydroxylation is 1. The maximum atomic E-state index is 12.6. The minimum absolute atomic E-state index is 0.0908. The van der Waals surface area contributed by atoms with E-state index in [1.54, 1.807) is 0 Å². The quantitative estimate of drug-likeness (QED) is 0.512. The molecular formula is C12H12F3N7O3S. The van der Waals surface area contributed by atoms with Crippen LogP contribution in [0.15, 0.2) is 27.7 Å². The van der Waals surface area contributed by atoms with Crippen LogP contribution < -0.4 is 4.72 Å². The summed E-state index contributed by atoms with van der Waals surface area (Å²) >= 11 is 0. The summed E-state index contributed by atoms with van der Waals surface area (Å²) in [6.07, 6.45) is -3.76. The molecule has 0 aromatic carbocycles. The highest BCUT2D eigenvalue weighted by molar-refractivity contribution is 7.89. The number of hydrogen-bond acceptors (Lipinski definition) is 7. The second-order valence-electron chi connectivity index (χ2n) is 5.11. The van der Waals surface area contributed by atoms with E-state index < -0.39 is 27.0 Å². The van der Waals surface area contributed by atoms with Crippen LogP contribution in [-0.2, 0) is 22.6 Å². The highest BCUT2D eigenvalue weighted by Gasteiger charge is 2.33. The topological polar surface area (TPSA) is 142 Å². The minimum Gasteiger partial charge on any atom is -0.442 e. The van der Waals surface area contributed by atoms with Crippen molar-refractivity contribution in [3.8, 4) is 11.5 Å². The Balaban J connectivity index is 1.63. The number of aromatic nitrogens is 6. The molecule has 3 heterocycles. The van der Waals surface area contributed by atoms with Gasteiger partial charge in [-0.1, -0.05) is 5.21 Å². The number of sulfonamides is 1. The lowest BCUT2D eigenvalue weighted by molar-refractivity contribution is -0.141. The molecule has 140 valence electrons. The average Bonchev–Trinajstić information content (AvgIpc) is 3.31. The Morgan fingerprint density at radius 3 is 2.69 bits per heavy atom. The van der Waals surface area contributed by atoms with Crippen LogP contribution in [0.4, 0.5) is 13.2 Å². The van der Waals surface area contributed by atoms with Gasteiger partial charge in [-0.2, -0.15) is 23.5 Å². The fourth-order valence-corrected chi connectivity index (χ4v) is 3.01. The van der Waals surface area contributed by atoms with E-state index in [9.17, 15) is 21.6 Å². The normalized spacial score (nSPS) is 12.6. The molecular weight excluding hydrogens is 379 g/mol. The van der Waals surface area contributed by atoms with Gasteiger partial charge in [-0.05, 0) is 24.6 Å². The Kier molecular flexibility index (Phi) is 4.78. The largest absolute Gasteiger partial charge is 0.442 e. The number of nitrogens with zero attached hydrogens (tertiary/aromatic N) is 4. The van der Waals surface area contributed by atoms with E-state index in [0.29, 0.717) is 18.7 Å². The second kappa shape index (κ2) is 6.87. The fraction of sp³-hybridized carbons (Fsp3) is 0.333. The van der Waals surface area contributed by atoms with Crippen LogP contribution in [0, 0.1) is 0 Å². The van der Waals surface area contributed by atoms with Crippen LogP contribution in [-0.4, -0.2) is 45.8 Å². The van der Waals surface area contributed by atoms with E-state index in [1.165, 1.54) is 6.07 Å². The van der Waals surface area contributed by atoms with Gasteiger partial charge < -0.3 is 4.42 Å². The van der Waals surface area contributed by atoms with Gasteiger partial charge in [0.15, 0.2) is 11.6 Å². The lowest BCUT2D eigenvalue weighted by Crippen LogP contribution is -2.24. The Hall–Kier alpha value is -2.74. The van der Waals surface area contributed by atoms with Crippen molar-refractivity contribution in [1.82, 2.24) is 35.5 Å². The van der Waals surface area contributed by atoms with Crippen LogP contribution in [0.2, 0.25) is 0 Å². The molecule has 3 aromatic heterocycles. The van der Waals surface area contributed by atoms with Crippen LogP contribution in [0.1, 0.15) is 17.9 Å². The Labute approximate surface area is 144 Å². The molecule has 0 spiro atoms. The molecule has 0 aliphatic heterocycles. The van der Waals surface area contributed by atoms with Crippen molar-refractivity contribution in [3.05, 3.63) is 29.7 Å². The molecule has 26 heavy (non-hydrogen) atoms. The number of furan rings is 1. The van der Waals surface area contributed by atoms with Gasteiger partial charge in [0.1, 0.15) is 11.4 Å². The molecule has 0 bridgehead atoms. The van der Waals surface area contributed by atoms with Gasteiger partial charge in [-0.3, -0.25) is 5.10 Å². The van der Waals surface area contributed by atoms with Gasteiger partial charge in [-0.15, -0.1) is 10.2 Å². The van der Waals surface area contributed by atoms with Crippen molar-refractivity contribution in [2.24, 2.45) is 0 Å². The van der Waals surface area contributed by atoms with E-state index in [-0.39, 0.29) is 18.0 Å². The van der Waals surface area contributed by atoms with Crippen molar-refractivity contribution < 1.29 is 26.0 Å². The number of alkyl halides is 3. The summed E-state index contributed by atoms with van der Waals surface area (Å²) in [5.74, 6) is 0.340. The average molecular weight is 391 g/mol. The molecule has 0 amide bonds. The number of tetrazole rings is 1. The van der Waals surface area contributed by atoms with Crippen molar-refractivity contribution in [2.75, 3.05) is 6.54 Å². The first-order valence-corrected chi connectivity index (χ1v) is 8.69. The molecule has 0 unspecified atom stereocenters. The fourth-order valence-electron chi connectivity index (χ4n) is 2.01. The second-order valence-corrected chi connectivity index (χ2v) is 6.81. The van der Waals surface area contributed by atoms with Crippen molar-refractivity contribution >= 4 is 10.0 Å². The van der Waals surface area contributed by atoms with Gasteiger partial charge in [0, 0.05) is 13.0 Å². The first kappa shape index (κ1) is 18.1. The molecule has 0 radical (unpaired) electrons. The monoisotopic (exact) mass is 391 g/mol. The molecule has 3 aromatic rings. The number of hydrogen-bond donors (Lipinski definition) is 3. The van der Waals surface area contributed by atoms with Crippen LogP contribution in [0.5, 0.6) is 0 Å². The lowest BCUT2D eigenvalue weighted by Gasteiger charge is -2.02. The predicted octanol–water partition coefficient (Wildman–Crippen LogP) is 1.11. The number of aromatic amines is 2. The molecule has 0 saturated carbocycles. The summed E-state index contributed by atoms with van der Waals surface area (Å²) in [6.45, 7) is 0.0908. The zero-order chi connectivity index (χ0) is 18.8. The lowest BCUT2D eigenvalue weighted by atomic mass is 10.3. The van der Waals surface area contributed by atoms with Crippen molar-refractivity contribution in [2.45, 2.75) is 24.1 Å². The number of halogens is 3. The SMILES string of the molecule is O=S(=O)(NCCCc1nn[nH]n1)c1ccc(-c2cc(C(F)(F)F)[nH]n2)o1. The van der Waals surface area contributed by atoms with Gasteiger partial charge >= 0.3 is 6.18 Å². The summed E-state index contributed by atoms with van der Waals surface area (Å²) in [5.41, 5.74) is -1.22. The number of rotatable bonds is 7. The summed E-state index contributed by atoms with van der Waals surface area (Å²) in [6, 6.07) is 3.09. The maximum absolute atomic E-state index is 12.6. The van der Waals surface area contributed by atoms with E-state index in [0.717, 1.165) is 12.1 Å². The van der Waals surface area contributed by atoms with Crippen LogP contribution >= 0.6 is 0 Å². The smallest absolute Gasteiger partial charge is 0.432 e. The molecule has 0 saturated heterocycles. The molecule has 0 aliphatic rings. The van der Waals surface area contributed by atoms with E-state index in [1.807, 2.05) is 5.10 Å². The predicted molar refractivity (Wildman–Crippen MR) is 79.0 cm³/mol. The third-order valence-electron chi connectivity index (χ3n) is 3.24. The molecule has 10 nitrogen and oxygen atoms in total. The third-order valence-corrected chi connectivity index (χ3v) is 4.57. The summed E-state index contributed by atoms with van der Waals surface area (Å²) in [4.78, 5) is 0. The van der Waals surface area contributed by atoms with Crippen LogP contribution in [0.3, 0.4) is 0 Å². The van der Waals surface area contributed by atoms with E-state index >= 15 is 0 Å². The summed E-state index contributed by atoms with van der Waals surface area (Å²) in [7, 11) is -3.95. The van der Waals surface area contributed by atoms with Gasteiger partial charge in [0.25, 0.3) is 10.0 Å². The Bertz CT molecular complexity index is 963. The van der Waals surface area contributed by atoms with E-state index in [4.69, 9.17) is 4.42 Å². The summed E-state index contributed by atoms with van der Waals surface area (Å²) < 4.78 is 69.4. The molecule has 3 N–H and O–H groups in total. The molecule has 0 aliphatic carbocycles. The number of H-pyrrole nitrogens is 2.